The number of imidazole rings is 1. The van der Waals surface area contributed by atoms with E-state index in [0.29, 0.717) is 0 Å². The molecular weight excluding hydrogens is 176 g/mol. The summed E-state index contributed by atoms with van der Waals surface area (Å²) in [6.07, 6.45) is 0.0156. The van der Waals surface area contributed by atoms with Crippen molar-refractivity contribution < 1.29 is 4.74 Å². The summed E-state index contributed by atoms with van der Waals surface area (Å²) in [4.78, 5) is 7.75. The van der Waals surface area contributed by atoms with Gasteiger partial charge in [0.15, 0.2) is 0 Å². The molecule has 0 bridgehead atoms. The molecular formula is C11H14N2O. The molecule has 14 heavy (non-hydrogen) atoms. The first-order chi connectivity index (χ1) is 6.72. The molecule has 0 aliphatic carbocycles. The van der Waals surface area contributed by atoms with E-state index >= 15 is 0 Å². The third-order valence-corrected chi connectivity index (χ3v) is 2.47. The van der Waals surface area contributed by atoms with E-state index in [1.165, 1.54) is 5.56 Å². The first-order valence-corrected chi connectivity index (χ1v) is 4.70. The maximum atomic E-state index is 5.21. The van der Waals surface area contributed by atoms with Crippen LogP contribution in [0.15, 0.2) is 18.2 Å². The van der Waals surface area contributed by atoms with Crippen molar-refractivity contribution in [3.63, 3.8) is 0 Å². The van der Waals surface area contributed by atoms with Gasteiger partial charge in [-0.2, -0.15) is 0 Å². The minimum Gasteiger partial charge on any atom is -0.374 e. The Labute approximate surface area is 83.1 Å². The summed E-state index contributed by atoms with van der Waals surface area (Å²) >= 11 is 0. The molecule has 0 spiro atoms. The molecule has 0 saturated carbocycles. The number of aromatic nitrogens is 2. The van der Waals surface area contributed by atoms with E-state index < -0.39 is 0 Å². The van der Waals surface area contributed by atoms with Crippen LogP contribution >= 0.6 is 0 Å². The summed E-state index contributed by atoms with van der Waals surface area (Å²) < 4.78 is 5.21. The Hall–Kier alpha value is -1.35. The van der Waals surface area contributed by atoms with Crippen molar-refractivity contribution in [2.45, 2.75) is 20.0 Å². The summed E-state index contributed by atoms with van der Waals surface area (Å²) in [5, 5.41) is 0. The lowest BCUT2D eigenvalue weighted by Gasteiger charge is -2.03. The third-order valence-electron chi connectivity index (χ3n) is 2.47. The lowest BCUT2D eigenvalue weighted by Crippen LogP contribution is -1.97. The van der Waals surface area contributed by atoms with E-state index in [2.05, 4.69) is 23.0 Å². The van der Waals surface area contributed by atoms with Gasteiger partial charge in [-0.25, -0.2) is 4.98 Å². The molecule has 1 heterocycles. The van der Waals surface area contributed by atoms with Gasteiger partial charge in [0.2, 0.25) is 0 Å². The van der Waals surface area contributed by atoms with Gasteiger partial charge < -0.3 is 9.72 Å². The number of H-pyrrole nitrogens is 1. The normalized spacial score (nSPS) is 13.4. The molecule has 3 nitrogen and oxygen atoms in total. The van der Waals surface area contributed by atoms with Gasteiger partial charge in [-0.1, -0.05) is 12.1 Å². The van der Waals surface area contributed by atoms with Gasteiger partial charge in [-0.05, 0) is 25.5 Å². The van der Waals surface area contributed by atoms with E-state index in [1.54, 1.807) is 7.11 Å². The van der Waals surface area contributed by atoms with Crippen molar-refractivity contribution in [3.05, 3.63) is 29.6 Å². The Morgan fingerprint density at radius 3 is 2.86 bits per heavy atom. The van der Waals surface area contributed by atoms with E-state index in [9.17, 15) is 0 Å². The molecule has 3 heteroatoms. The van der Waals surface area contributed by atoms with Gasteiger partial charge in [-0.3, -0.25) is 0 Å². The second-order valence-corrected chi connectivity index (χ2v) is 3.47. The maximum Gasteiger partial charge on any atom is 0.136 e. The molecule has 2 aromatic rings. The number of aromatic amines is 1. The van der Waals surface area contributed by atoms with E-state index in [1.807, 2.05) is 19.1 Å². The number of rotatable bonds is 2. The summed E-state index contributed by atoms with van der Waals surface area (Å²) in [5.41, 5.74) is 3.30. The van der Waals surface area contributed by atoms with Crippen LogP contribution in [-0.2, 0) is 4.74 Å². The number of methoxy groups -OCH3 is 1. The number of ether oxygens (including phenoxy) is 1. The predicted molar refractivity (Wildman–Crippen MR) is 56.3 cm³/mol. The van der Waals surface area contributed by atoms with Crippen molar-refractivity contribution in [2.24, 2.45) is 0 Å². The monoisotopic (exact) mass is 190 g/mol. The van der Waals surface area contributed by atoms with Crippen LogP contribution in [-0.4, -0.2) is 17.1 Å². The molecule has 2 rings (SSSR count). The summed E-state index contributed by atoms with van der Waals surface area (Å²) in [7, 11) is 1.69. The zero-order valence-electron chi connectivity index (χ0n) is 8.66. The van der Waals surface area contributed by atoms with Crippen LogP contribution in [0.3, 0.4) is 0 Å². The highest BCUT2D eigenvalue weighted by molar-refractivity contribution is 5.78. The molecule has 1 atom stereocenters. The fourth-order valence-corrected chi connectivity index (χ4v) is 1.50. The largest absolute Gasteiger partial charge is 0.374 e. The number of hydrogen-bond donors (Lipinski definition) is 1. The molecule has 0 aliphatic heterocycles. The number of benzene rings is 1. The minimum atomic E-state index is 0.0156. The Kier molecular flexibility index (Phi) is 2.25. The van der Waals surface area contributed by atoms with Crippen molar-refractivity contribution in [1.82, 2.24) is 9.97 Å². The molecule has 0 aliphatic rings. The molecule has 74 valence electrons. The molecule has 0 amide bonds. The van der Waals surface area contributed by atoms with Gasteiger partial charge in [0.25, 0.3) is 0 Å². The van der Waals surface area contributed by atoms with Gasteiger partial charge in [0.1, 0.15) is 11.9 Å². The summed E-state index contributed by atoms with van der Waals surface area (Å²) in [5.74, 6) is 0.886. The van der Waals surface area contributed by atoms with Crippen LogP contribution in [0.5, 0.6) is 0 Å². The Bertz CT molecular complexity index is 447. The van der Waals surface area contributed by atoms with Crippen LogP contribution < -0.4 is 0 Å². The topological polar surface area (TPSA) is 37.9 Å². The van der Waals surface area contributed by atoms with Crippen molar-refractivity contribution in [2.75, 3.05) is 7.11 Å². The molecule has 0 radical (unpaired) electrons. The second kappa shape index (κ2) is 3.42. The lowest BCUT2D eigenvalue weighted by atomic mass is 10.2. The van der Waals surface area contributed by atoms with Crippen LogP contribution in [0.4, 0.5) is 0 Å². The van der Waals surface area contributed by atoms with Gasteiger partial charge >= 0.3 is 0 Å². The maximum absolute atomic E-state index is 5.21. The number of hydrogen-bond acceptors (Lipinski definition) is 2. The van der Waals surface area contributed by atoms with E-state index in [0.717, 1.165) is 16.9 Å². The average molecular weight is 190 g/mol. The minimum absolute atomic E-state index is 0.0156. The zero-order valence-corrected chi connectivity index (χ0v) is 8.66. The number of aryl methyl sites for hydroxylation is 1. The molecule has 0 fully saturated rings. The Morgan fingerprint density at radius 1 is 1.43 bits per heavy atom. The first kappa shape index (κ1) is 9.21. The standard InChI is InChI=1S/C11H14N2O/c1-7-5-4-6-9-10(7)13-11(12-9)8(2)14-3/h4-6,8H,1-3H3,(H,12,13)/t8-/m1/s1. The second-order valence-electron chi connectivity index (χ2n) is 3.47. The highest BCUT2D eigenvalue weighted by Gasteiger charge is 2.10. The predicted octanol–water partition coefficient (Wildman–Crippen LogP) is 2.58. The average Bonchev–Trinajstić information content (AvgIpc) is 2.62. The molecule has 0 unspecified atom stereocenters. The number of nitrogens with one attached hydrogen (secondary N) is 1. The fourth-order valence-electron chi connectivity index (χ4n) is 1.50. The zero-order chi connectivity index (χ0) is 10.1. The van der Waals surface area contributed by atoms with Crippen molar-refractivity contribution in [3.8, 4) is 0 Å². The summed E-state index contributed by atoms with van der Waals surface area (Å²) in [6.45, 7) is 4.04. The quantitative estimate of drug-likeness (QED) is 0.790. The summed E-state index contributed by atoms with van der Waals surface area (Å²) in [6, 6.07) is 6.11. The smallest absolute Gasteiger partial charge is 0.136 e. The first-order valence-electron chi connectivity index (χ1n) is 4.70. The molecule has 1 N–H and O–H groups in total. The van der Waals surface area contributed by atoms with Gasteiger partial charge in [-0.15, -0.1) is 0 Å². The molecule has 0 saturated heterocycles. The Morgan fingerprint density at radius 2 is 2.21 bits per heavy atom. The van der Waals surface area contributed by atoms with Crippen LogP contribution in [0.1, 0.15) is 24.4 Å². The molecule has 1 aromatic carbocycles. The fraction of sp³-hybridized carbons (Fsp3) is 0.364. The van der Waals surface area contributed by atoms with E-state index in [4.69, 9.17) is 4.74 Å². The highest BCUT2D eigenvalue weighted by Crippen LogP contribution is 2.19. The van der Waals surface area contributed by atoms with Gasteiger partial charge in [0, 0.05) is 7.11 Å². The Balaban J connectivity index is 2.56. The molecule has 1 aromatic heterocycles. The number of para-hydroxylation sites is 1. The highest BCUT2D eigenvalue weighted by atomic mass is 16.5. The SMILES string of the molecule is CO[C@H](C)c1nc2c(C)cccc2[nH]1. The van der Waals surface area contributed by atoms with E-state index in [-0.39, 0.29) is 6.10 Å². The lowest BCUT2D eigenvalue weighted by molar-refractivity contribution is 0.113. The van der Waals surface area contributed by atoms with Crippen LogP contribution in [0.2, 0.25) is 0 Å². The van der Waals surface area contributed by atoms with Crippen molar-refractivity contribution >= 4 is 11.0 Å². The van der Waals surface area contributed by atoms with Crippen molar-refractivity contribution in [1.29, 1.82) is 0 Å². The third kappa shape index (κ3) is 1.40. The number of nitrogens with zero attached hydrogens (tertiary/aromatic N) is 1. The number of fused-ring (bicyclic) bond motifs is 1. The van der Waals surface area contributed by atoms with Crippen LogP contribution in [0, 0.1) is 6.92 Å². The van der Waals surface area contributed by atoms with Crippen LogP contribution in [0.25, 0.3) is 11.0 Å². The van der Waals surface area contributed by atoms with Gasteiger partial charge in [0.05, 0.1) is 11.0 Å².